The Labute approximate surface area is 110 Å². The molecule has 1 heterocycles. The number of fused-ring (bicyclic) bond motifs is 1. The van der Waals surface area contributed by atoms with Gasteiger partial charge in [-0.25, -0.2) is 0 Å². The second-order valence-corrected chi connectivity index (χ2v) is 5.58. The van der Waals surface area contributed by atoms with Gasteiger partial charge in [0.05, 0.1) is 6.04 Å². The molecule has 4 heteroatoms. The number of halogens is 1. The largest absolute Gasteiger partial charge is 0.368 e. The highest BCUT2D eigenvalue weighted by atomic mass is 79.9. The standard InChI is InChI=1S/C13H17BrN2O/c1-8-6-16(9(2)13(15)17)7-10-4-3-5-11(14)12(8)10/h3-5,8-9H,6-7H2,1-2H3,(H2,15,17). The molecule has 1 aromatic rings. The minimum Gasteiger partial charge on any atom is -0.368 e. The lowest BCUT2D eigenvalue weighted by atomic mass is 9.90. The second-order valence-electron chi connectivity index (χ2n) is 4.72. The third kappa shape index (κ3) is 2.38. The maximum absolute atomic E-state index is 11.3. The average Bonchev–Trinajstić information content (AvgIpc) is 2.27. The Bertz CT molecular complexity index is 447. The zero-order chi connectivity index (χ0) is 12.6. The van der Waals surface area contributed by atoms with Crippen molar-refractivity contribution in [2.24, 2.45) is 5.73 Å². The van der Waals surface area contributed by atoms with Crippen molar-refractivity contribution in [3.8, 4) is 0 Å². The van der Waals surface area contributed by atoms with E-state index in [1.54, 1.807) is 0 Å². The van der Waals surface area contributed by atoms with Crippen molar-refractivity contribution < 1.29 is 4.79 Å². The van der Waals surface area contributed by atoms with Crippen LogP contribution in [0.2, 0.25) is 0 Å². The first-order chi connectivity index (χ1) is 8.00. The van der Waals surface area contributed by atoms with Crippen molar-refractivity contribution >= 4 is 21.8 Å². The van der Waals surface area contributed by atoms with E-state index in [-0.39, 0.29) is 11.9 Å². The van der Waals surface area contributed by atoms with Gasteiger partial charge in [0.1, 0.15) is 0 Å². The number of primary amides is 1. The minimum atomic E-state index is -0.254. The molecule has 2 unspecified atom stereocenters. The smallest absolute Gasteiger partial charge is 0.234 e. The van der Waals surface area contributed by atoms with Gasteiger partial charge < -0.3 is 5.73 Å². The quantitative estimate of drug-likeness (QED) is 0.910. The Morgan fingerprint density at radius 1 is 1.59 bits per heavy atom. The molecule has 1 aliphatic heterocycles. The second kappa shape index (κ2) is 4.78. The van der Waals surface area contributed by atoms with Gasteiger partial charge in [0, 0.05) is 17.6 Å². The Morgan fingerprint density at radius 3 is 2.94 bits per heavy atom. The van der Waals surface area contributed by atoms with Crippen LogP contribution >= 0.6 is 15.9 Å². The zero-order valence-corrected chi connectivity index (χ0v) is 11.7. The van der Waals surface area contributed by atoms with Gasteiger partial charge in [-0.15, -0.1) is 0 Å². The van der Waals surface area contributed by atoms with Crippen LogP contribution in [0, 0.1) is 0 Å². The molecule has 0 aliphatic carbocycles. The lowest BCUT2D eigenvalue weighted by Crippen LogP contribution is -2.45. The summed E-state index contributed by atoms with van der Waals surface area (Å²) in [4.78, 5) is 13.4. The first kappa shape index (κ1) is 12.6. The lowest BCUT2D eigenvalue weighted by molar-refractivity contribution is -0.123. The predicted octanol–water partition coefficient (Wildman–Crippen LogP) is 2.24. The molecule has 17 heavy (non-hydrogen) atoms. The van der Waals surface area contributed by atoms with Gasteiger partial charge in [0.15, 0.2) is 0 Å². The van der Waals surface area contributed by atoms with E-state index in [0.29, 0.717) is 5.92 Å². The molecule has 0 aromatic heterocycles. The Hall–Kier alpha value is -0.870. The van der Waals surface area contributed by atoms with Crippen molar-refractivity contribution in [1.82, 2.24) is 4.90 Å². The van der Waals surface area contributed by atoms with E-state index in [1.165, 1.54) is 11.1 Å². The Kier molecular flexibility index (Phi) is 3.54. The van der Waals surface area contributed by atoms with Gasteiger partial charge in [-0.3, -0.25) is 9.69 Å². The van der Waals surface area contributed by atoms with Gasteiger partial charge in [-0.05, 0) is 30.0 Å². The van der Waals surface area contributed by atoms with Crippen LogP contribution in [-0.4, -0.2) is 23.4 Å². The number of carbonyl (C=O) groups excluding carboxylic acids is 1. The highest BCUT2D eigenvalue weighted by Gasteiger charge is 2.28. The van der Waals surface area contributed by atoms with Crippen molar-refractivity contribution in [2.75, 3.05) is 6.54 Å². The zero-order valence-electron chi connectivity index (χ0n) is 10.1. The third-order valence-corrected chi connectivity index (χ3v) is 4.17. The molecular weight excluding hydrogens is 280 g/mol. The fraction of sp³-hybridized carbons (Fsp3) is 0.462. The third-order valence-electron chi connectivity index (χ3n) is 3.48. The molecule has 0 fully saturated rings. The molecule has 0 saturated carbocycles. The van der Waals surface area contributed by atoms with E-state index in [4.69, 9.17) is 5.73 Å². The summed E-state index contributed by atoms with van der Waals surface area (Å²) in [5.41, 5.74) is 8.02. The van der Waals surface area contributed by atoms with Gasteiger partial charge >= 0.3 is 0 Å². The predicted molar refractivity (Wildman–Crippen MR) is 71.6 cm³/mol. The monoisotopic (exact) mass is 296 g/mol. The van der Waals surface area contributed by atoms with Gasteiger partial charge in [-0.2, -0.15) is 0 Å². The highest BCUT2D eigenvalue weighted by Crippen LogP contribution is 2.34. The highest BCUT2D eigenvalue weighted by molar-refractivity contribution is 9.10. The number of hydrogen-bond acceptors (Lipinski definition) is 2. The van der Waals surface area contributed by atoms with Gasteiger partial charge in [0.25, 0.3) is 0 Å². The summed E-state index contributed by atoms with van der Waals surface area (Å²) in [5, 5.41) is 0. The van der Waals surface area contributed by atoms with Crippen molar-refractivity contribution in [2.45, 2.75) is 32.4 Å². The van der Waals surface area contributed by atoms with Crippen molar-refractivity contribution in [1.29, 1.82) is 0 Å². The number of hydrogen-bond donors (Lipinski definition) is 1. The number of rotatable bonds is 2. The molecule has 1 aromatic carbocycles. The maximum Gasteiger partial charge on any atom is 0.234 e. The summed E-state index contributed by atoms with van der Waals surface area (Å²) in [6, 6.07) is 6.03. The summed E-state index contributed by atoms with van der Waals surface area (Å²) in [6.45, 7) is 5.73. The minimum absolute atomic E-state index is 0.204. The molecule has 0 bridgehead atoms. The van der Waals surface area contributed by atoms with E-state index in [2.05, 4.69) is 39.9 Å². The van der Waals surface area contributed by atoms with Gasteiger partial charge in [0.2, 0.25) is 5.91 Å². The van der Waals surface area contributed by atoms with Crippen LogP contribution in [0.5, 0.6) is 0 Å². The van der Waals surface area contributed by atoms with Gasteiger partial charge in [-0.1, -0.05) is 35.0 Å². The molecule has 1 amide bonds. The fourth-order valence-corrected chi connectivity index (χ4v) is 3.27. The molecular formula is C13H17BrN2O. The number of carbonyl (C=O) groups is 1. The Morgan fingerprint density at radius 2 is 2.29 bits per heavy atom. The van der Waals surface area contributed by atoms with Crippen LogP contribution in [0.15, 0.2) is 22.7 Å². The molecule has 0 saturated heterocycles. The molecule has 2 atom stereocenters. The summed E-state index contributed by atoms with van der Waals surface area (Å²) >= 11 is 3.60. The van der Waals surface area contributed by atoms with Crippen molar-refractivity contribution in [3.05, 3.63) is 33.8 Å². The summed E-state index contributed by atoms with van der Waals surface area (Å²) in [5.74, 6) is 0.159. The first-order valence-electron chi connectivity index (χ1n) is 5.81. The van der Waals surface area contributed by atoms with E-state index in [0.717, 1.165) is 17.6 Å². The van der Waals surface area contributed by atoms with E-state index < -0.39 is 0 Å². The van der Waals surface area contributed by atoms with Crippen LogP contribution < -0.4 is 5.73 Å². The molecule has 2 rings (SSSR count). The number of nitrogens with two attached hydrogens (primary N) is 1. The summed E-state index contributed by atoms with van der Waals surface area (Å²) in [7, 11) is 0. The topological polar surface area (TPSA) is 46.3 Å². The van der Waals surface area contributed by atoms with Crippen LogP contribution in [0.25, 0.3) is 0 Å². The van der Waals surface area contributed by atoms with Crippen LogP contribution in [0.3, 0.4) is 0 Å². The van der Waals surface area contributed by atoms with E-state index in [1.807, 2.05) is 13.0 Å². The molecule has 92 valence electrons. The SMILES string of the molecule is CC1CN(C(C)C(N)=O)Cc2cccc(Br)c21. The average molecular weight is 297 g/mol. The molecule has 0 radical (unpaired) electrons. The fourth-order valence-electron chi connectivity index (χ4n) is 2.47. The normalized spacial score (nSPS) is 21.9. The number of amides is 1. The molecule has 2 N–H and O–H groups in total. The van der Waals surface area contributed by atoms with Crippen LogP contribution in [0.4, 0.5) is 0 Å². The molecule has 0 spiro atoms. The first-order valence-corrected chi connectivity index (χ1v) is 6.60. The van der Waals surface area contributed by atoms with E-state index in [9.17, 15) is 4.79 Å². The number of nitrogens with zero attached hydrogens (tertiary/aromatic N) is 1. The van der Waals surface area contributed by atoms with Crippen molar-refractivity contribution in [3.63, 3.8) is 0 Å². The van der Waals surface area contributed by atoms with Crippen LogP contribution in [0.1, 0.15) is 30.9 Å². The van der Waals surface area contributed by atoms with Crippen LogP contribution in [-0.2, 0) is 11.3 Å². The summed E-state index contributed by atoms with van der Waals surface area (Å²) in [6.07, 6.45) is 0. The lowest BCUT2D eigenvalue weighted by Gasteiger charge is -2.36. The summed E-state index contributed by atoms with van der Waals surface area (Å²) < 4.78 is 1.16. The van der Waals surface area contributed by atoms with E-state index >= 15 is 0 Å². The molecule has 1 aliphatic rings. The number of benzene rings is 1. The molecule has 3 nitrogen and oxygen atoms in total. The maximum atomic E-state index is 11.3. The Balaban J connectivity index is 2.31.